The fourth-order valence-corrected chi connectivity index (χ4v) is 3.13. The molecule has 3 amide bonds. The van der Waals surface area contributed by atoms with Crippen LogP contribution in [-0.2, 0) is 0 Å². The highest BCUT2D eigenvalue weighted by molar-refractivity contribution is 14.1. The fourth-order valence-electron chi connectivity index (χ4n) is 2.50. The van der Waals surface area contributed by atoms with E-state index in [0.29, 0.717) is 16.8 Å². The lowest BCUT2D eigenvalue weighted by Gasteiger charge is -2.09. The summed E-state index contributed by atoms with van der Waals surface area (Å²) in [5.74, 6) is -0.594. The Hall–Kier alpha value is -3.14. The number of nitrogens with one attached hydrogen (secondary N) is 3. The molecule has 0 radical (unpaired) electrons. The van der Waals surface area contributed by atoms with E-state index in [1.54, 1.807) is 42.5 Å². The van der Waals surface area contributed by atoms with Crippen molar-refractivity contribution in [2.75, 3.05) is 18.4 Å². The van der Waals surface area contributed by atoms with E-state index in [2.05, 4.69) is 38.5 Å². The summed E-state index contributed by atoms with van der Waals surface area (Å²) in [6, 6.07) is 17.1. The molecule has 148 valence electrons. The van der Waals surface area contributed by atoms with Crippen LogP contribution in [0.4, 0.5) is 5.69 Å². The minimum Gasteiger partial charge on any atom is -0.459 e. The van der Waals surface area contributed by atoms with Crippen molar-refractivity contribution < 1.29 is 18.8 Å². The van der Waals surface area contributed by atoms with Crippen LogP contribution in [0.5, 0.6) is 0 Å². The zero-order chi connectivity index (χ0) is 20.6. The van der Waals surface area contributed by atoms with Gasteiger partial charge in [-0.25, -0.2) is 0 Å². The quantitative estimate of drug-likeness (QED) is 0.340. The van der Waals surface area contributed by atoms with Crippen molar-refractivity contribution in [3.8, 4) is 0 Å². The maximum absolute atomic E-state index is 12.3. The van der Waals surface area contributed by atoms with Crippen LogP contribution in [0.15, 0.2) is 71.3 Å². The van der Waals surface area contributed by atoms with Crippen molar-refractivity contribution in [1.29, 1.82) is 0 Å². The average Bonchev–Trinajstić information content (AvgIpc) is 3.27. The normalized spacial score (nSPS) is 10.2. The summed E-state index contributed by atoms with van der Waals surface area (Å²) >= 11 is 2.11. The Morgan fingerprint density at radius 3 is 2.14 bits per heavy atom. The Morgan fingerprint density at radius 2 is 1.48 bits per heavy atom. The Balaban J connectivity index is 1.46. The first kappa shape index (κ1) is 20.6. The molecule has 0 atom stereocenters. The first-order chi connectivity index (χ1) is 14.0. The summed E-state index contributed by atoms with van der Waals surface area (Å²) in [6.07, 6.45) is 1.42. The molecule has 0 aliphatic heterocycles. The zero-order valence-electron chi connectivity index (χ0n) is 15.3. The summed E-state index contributed by atoms with van der Waals surface area (Å²) in [5, 5.41) is 8.18. The highest BCUT2D eigenvalue weighted by Crippen LogP contribution is 2.15. The second-order valence-electron chi connectivity index (χ2n) is 6.00. The summed E-state index contributed by atoms with van der Waals surface area (Å²) in [4.78, 5) is 36.2. The number of carbonyl (C=O) groups excluding carboxylic acids is 3. The van der Waals surface area contributed by atoms with Crippen LogP contribution in [0.2, 0.25) is 0 Å². The minimum absolute atomic E-state index is 0.209. The van der Waals surface area contributed by atoms with Gasteiger partial charge in [0.15, 0.2) is 5.76 Å². The third-order valence-corrected chi connectivity index (χ3v) is 4.91. The lowest BCUT2D eigenvalue weighted by molar-refractivity contribution is 0.0910. The average molecular weight is 503 g/mol. The molecule has 0 fully saturated rings. The van der Waals surface area contributed by atoms with E-state index in [0.717, 1.165) is 3.57 Å². The second-order valence-corrected chi connectivity index (χ2v) is 7.16. The van der Waals surface area contributed by atoms with Crippen LogP contribution in [0, 0.1) is 3.57 Å². The number of hydrogen-bond donors (Lipinski definition) is 3. The zero-order valence-corrected chi connectivity index (χ0v) is 17.4. The molecule has 8 heteroatoms. The third kappa shape index (κ3) is 5.67. The van der Waals surface area contributed by atoms with Crippen molar-refractivity contribution in [2.45, 2.75) is 0 Å². The topological polar surface area (TPSA) is 100 Å². The monoisotopic (exact) mass is 503 g/mol. The number of rotatable bonds is 7. The molecule has 0 spiro atoms. The van der Waals surface area contributed by atoms with Crippen LogP contribution in [0.25, 0.3) is 0 Å². The molecule has 3 N–H and O–H groups in total. The van der Waals surface area contributed by atoms with Gasteiger partial charge in [0.25, 0.3) is 17.7 Å². The van der Waals surface area contributed by atoms with Gasteiger partial charge in [-0.05, 0) is 71.1 Å². The number of hydrogen-bond acceptors (Lipinski definition) is 4. The molecule has 29 heavy (non-hydrogen) atoms. The molecule has 0 bridgehead atoms. The fraction of sp³-hybridized carbons (Fsp3) is 0.0952. The van der Waals surface area contributed by atoms with E-state index in [9.17, 15) is 14.4 Å². The van der Waals surface area contributed by atoms with E-state index < -0.39 is 0 Å². The lowest BCUT2D eigenvalue weighted by Crippen LogP contribution is -2.34. The van der Waals surface area contributed by atoms with E-state index in [4.69, 9.17) is 4.42 Å². The maximum atomic E-state index is 12.3. The summed E-state index contributed by atoms with van der Waals surface area (Å²) in [6.45, 7) is 0.547. The van der Waals surface area contributed by atoms with Gasteiger partial charge in [-0.3, -0.25) is 14.4 Å². The van der Waals surface area contributed by atoms with Crippen LogP contribution in [0.1, 0.15) is 31.3 Å². The first-order valence-electron chi connectivity index (χ1n) is 8.80. The molecule has 0 saturated heterocycles. The largest absolute Gasteiger partial charge is 0.459 e. The summed E-state index contributed by atoms with van der Waals surface area (Å²) in [7, 11) is 0. The summed E-state index contributed by atoms with van der Waals surface area (Å²) in [5.41, 5.74) is 1.64. The van der Waals surface area contributed by atoms with Gasteiger partial charge >= 0.3 is 0 Å². The smallest absolute Gasteiger partial charge is 0.287 e. The van der Waals surface area contributed by atoms with Crippen molar-refractivity contribution in [2.24, 2.45) is 0 Å². The van der Waals surface area contributed by atoms with Crippen LogP contribution >= 0.6 is 22.6 Å². The molecule has 1 heterocycles. The number of anilines is 1. The van der Waals surface area contributed by atoms with Crippen molar-refractivity contribution >= 4 is 46.0 Å². The van der Waals surface area contributed by atoms with Gasteiger partial charge < -0.3 is 20.4 Å². The highest BCUT2D eigenvalue weighted by atomic mass is 127. The molecule has 7 nitrogen and oxygen atoms in total. The lowest BCUT2D eigenvalue weighted by atomic mass is 10.1. The minimum atomic E-state index is -0.336. The van der Waals surface area contributed by atoms with Crippen molar-refractivity contribution in [1.82, 2.24) is 10.6 Å². The van der Waals surface area contributed by atoms with Gasteiger partial charge in [0.2, 0.25) is 0 Å². The SMILES string of the molecule is O=C(NCCNC(=O)c1ccco1)c1ccc(NC(=O)c2ccccc2I)cc1. The van der Waals surface area contributed by atoms with E-state index in [1.807, 2.05) is 18.2 Å². The highest BCUT2D eigenvalue weighted by Gasteiger charge is 2.11. The van der Waals surface area contributed by atoms with Gasteiger partial charge in [-0.1, -0.05) is 12.1 Å². The number of furan rings is 1. The Morgan fingerprint density at radius 1 is 0.793 bits per heavy atom. The Kier molecular flexibility index (Phi) is 7.01. The first-order valence-corrected chi connectivity index (χ1v) is 9.88. The Bertz CT molecular complexity index is 1000. The molecule has 3 aromatic rings. The standard InChI is InChI=1S/C21H18IN3O4/c22-17-5-2-1-4-16(17)20(27)25-15-9-7-14(8-10-15)19(26)23-11-12-24-21(28)18-6-3-13-29-18/h1-10,13H,11-12H2,(H,23,26)(H,24,28)(H,25,27). The number of benzene rings is 2. The van der Waals surface area contributed by atoms with Crippen LogP contribution < -0.4 is 16.0 Å². The molecular formula is C21H18IN3O4. The molecule has 0 saturated carbocycles. The van der Waals surface area contributed by atoms with Gasteiger partial charge in [-0.15, -0.1) is 0 Å². The molecule has 0 aliphatic carbocycles. The molecule has 1 aromatic heterocycles. The predicted molar refractivity (Wildman–Crippen MR) is 117 cm³/mol. The second kappa shape index (κ2) is 9.87. The third-order valence-electron chi connectivity index (χ3n) is 3.96. The number of carbonyl (C=O) groups is 3. The molecular weight excluding hydrogens is 485 g/mol. The van der Waals surface area contributed by atoms with Crippen LogP contribution in [0.3, 0.4) is 0 Å². The predicted octanol–water partition coefficient (Wildman–Crippen LogP) is 3.30. The molecule has 3 rings (SSSR count). The molecule has 0 aliphatic rings. The molecule has 0 unspecified atom stereocenters. The maximum Gasteiger partial charge on any atom is 0.287 e. The van der Waals surface area contributed by atoms with Gasteiger partial charge in [-0.2, -0.15) is 0 Å². The van der Waals surface area contributed by atoms with Gasteiger partial charge in [0, 0.05) is 27.9 Å². The summed E-state index contributed by atoms with van der Waals surface area (Å²) < 4.78 is 5.85. The van der Waals surface area contributed by atoms with E-state index in [-0.39, 0.29) is 36.6 Å². The van der Waals surface area contributed by atoms with E-state index >= 15 is 0 Å². The van der Waals surface area contributed by atoms with Gasteiger partial charge in [0.05, 0.1) is 11.8 Å². The number of halogens is 1. The van der Waals surface area contributed by atoms with Crippen molar-refractivity contribution in [3.63, 3.8) is 0 Å². The Labute approximate surface area is 181 Å². The van der Waals surface area contributed by atoms with Gasteiger partial charge in [0.1, 0.15) is 0 Å². The van der Waals surface area contributed by atoms with Crippen LogP contribution in [-0.4, -0.2) is 30.8 Å². The molecule has 2 aromatic carbocycles. The van der Waals surface area contributed by atoms with E-state index in [1.165, 1.54) is 6.26 Å². The number of amides is 3. The van der Waals surface area contributed by atoms with Crippen molar-refractivity contribution in [3.05, 3.63) is 87.4 Å².